The van der Waals surface area contributed by atoms with Gasteiger partial charge in [-0.1, -0.05) is 12.1 Å². The third kappa shape index (κ3) is 3.57. The summed E-state index contributed by atoms with van der Waals surface area (Å²) in [4.78, 5) is 9.07. The van der Waals surface area contributed by atoms with E-state index in [1.165, 1.54) is 0 Å². The fourth-order valence-electron chi connectivity index (χ4n) is 2.02. The van der Waals surface area contributed by atoms with Crippen molar-refractivity contribution in [3.8, 4) is 0 Å². The van der Waals surface area contributed by atoms with E-state index in [0.29, 0.717) is 12.0 Å². The van der Waals surface area contributed by atoms with Gasteiger partial charge in [-0.3, -0.25) is 0 Å². The number of aromatic nitrogens is 2. The van der Waals surface area contributed by atoms with E-state index in [2.05, 4.69) is 27.5 Å². The minimum Gasteiger partial charge on any atom is -0.385 e. The average molecular weight is 274 g/mol. The first-order valence-electron chi connectivity index (χ1n) is 7.00. The smallest absolute Gasteiger partial charge is 0.225 e. The summed E-state index contributed by atoms with van der Waals surface area (Å²) in [6, 6.07) is 8.33. The van der Waals surface area contributed by atoms with Crippen LogP contribution in [0.4, 0.5) is 11.8 Å². The quantitative estimate of drug-likeness (QED) is 0.813. The molecule has 0 amide bonds. The van der Waals surface area contributed by atoms with Gasteiger partial charge in [0, 0.05) is 31.7 Å². The molecule has 20 heavy (non-hydrogen) atoms. The Labute approximate surface area is 119 Å². The number of fused-ring (bicyclic) bond motifs is 1. The molecule has 0 radical (unpaired) electrons. The number of para-hydroxylation sites is 1. The molecule has 0 saturated heterocycles. The molecule has 2 N–H and O–H groups in total. The van der Waals surface area contributed by atoms with Crippen molar-refractivity contribution in [1.82, 2.24) is 9.97 Å². The van der Waals surface area contributed by atoms with Crippen molar-refractivity contribution in [2.24, 2.45) is 0 Å². The summed E-state index contributed by atoms with van der Waals surface area (Å²) in [6.45, 7) is 5.70. The van der Waals surface area contributed by atoms with Gasteiger partial charge in [0.15, 0.2) is 0 Å². The molecule has 1 atom stereocenters. The van der Waals surface area contributed by atoms with E-state index in [-0.39, 0.29) is 0 Å². The van der Waals surface area contributed by atoms with Crippen LogP contribution in [0.1, 0.15) is 20.3 Å². The summed E-state index contributed by atoms with van der Waals surface area (Å²) in [7, 11) is 1.72. The molecule has 1 unspecified atom stereocenters. The monoisotopic (exact) mass is 274 g/mol. The van der Waals surface area contributed by atoms with Crippen LogP contribution in [-0.2, 0) is 4.74 Å². The highest BCUT2D eigenvalue weighted by Crippen LogP contribution is 2.22. The number of methoxy groups -OCH3 is 1. The third-order valence-electron chi connectivity index (χ3n) is 3.08. The summed E-state index contributed by atoms with van der Waals surface area (Å²) in [5, 5.41) is 7.66. The molecule has 2 aromatic rings. The topological polar surface area (TPSA) is 59.1 Å². The first-order valence-corrected chi connectivity index (χ1v) is 7.00. The molecule has 0 aliphatic carbocycles. The van der Waals surface area contributed by atoms with Crippen molar-refractivity contribution in [2.45, 2.75) is 26.3 Å². The third-order valence-corrected chi connectivity index (χ3v) is 3.08. The largest absolute Gasteiger partial charge is 0.385 e. The normalized spacial score (nSPS) is 12.3. The number of hydrogen-bond donors (Lipinski definition) is 2. The first kappa shape index (κ1) is 14.5. The number of anilines is 2. The van der Waals surface area contributed by atoms with Crippen LogP contribution in [0.15, 0.2) is 24.3 Å². The SMILES string of the molecule is CCNc1nc(NC(C)CCOC)c2ccccc2n1. The molecule has 0 spiro atoms. The van der Waals surface area contributed by atoms with Crippen LogP contribution in [-0.4, -0.2) is 36.3 Å². The molecule has 0 aliphatic rings. The number of ether oxygens (including phenoxy) is 1. The standard InChI is InChI=1S/C15H22N4O/c1-4-16-15-18-13-8-6-5-7-12(13)14(19-15)17-11(2)9-10-20-3/h5-8,11H,4,9-10H2,1-3H3,(H2,16,17,18,19). The van der Waals surface area contributed by atoms with Crippen molar-refractivity contribution in [2.75, 3.05) is 30.9 Å². The maximum Gasteiger partial charge on any atom is 0.225 e. The van der Waals surface area contributed by atoms with Crippen molar-refractivity contribution in [3.05, 3.63) is 24.3 Å². The van der Waals surface area contributed by atoms with Gasteiger partial charge in [-0.25, -0.2) is 4.98 Å². The highest BCUT2D eigenvalue weighted by molar-refractivity contribution is 5.90. The van der Waals surface area contributed by atoms with Crippen LogP contribution < -0.4 is 10.6 Å². The van der Waals surface area contributed by atoms with Crippen molar-refractivity contribution in [1.29, 1.82) is 0 Å². The molecule has 0 bridgehead atoms. The minimum absolute atomic E-state index is 0.294. The number of rotatable bonds is 7. The Hall–Kier alpha value is -1.88. The lowest BCUT2D eigenvalue weighted by atomic mass is 10.2. The minimum atomic E-state index is 0.294. The lowest BCUT2D eigenvalue weighted by Crippen LogP contribution is -2.19. The molecular formula is C15H22N4O. The second-order valence-electron chi connectivity index (χ2n) is 4.77. The van der Waals surface area contributed by atoms with Crippen molar-refractivity contribution < 1.29 is 4.74 Å². The predicted octanol–water partition coefficient (Wildman–Crippen LogP) is 2.90. The van der Waals surface area contributed by atoms with E-state index in [0.717, 1.165) is 36.3 Å². The molecule has 1 aromatic heterocycles. The van der Waals surface area contributed by atoms with Crippen LogP contribution >= 0.6 is 0 Å². The molecule has 0 fully saturated rings. The average Bonchev–Trinajstić information content (AvgIpc) is 2.45. The lowest BCUT2D eigenvalue weighted by Gasteiger charge is -2.16. The van der Waals surface area contributed by atoms with Gasteiger partial charge in [-0.05, 0) is 32.4 Å². The van der Waals surface area contributed by atoms with Gasteiger partial charge in [-0.15, -0.1) is 0 Å². The first-order chi connectivity index (χ1) is 9.74. The summed E-state index contributed by atoms with van der Waals surface area (Å²) in [5.74, 6) is 1.53. The molecule has 5 nitrogen and oxygen atoms in total. The second kappa shape index (κ2) is 7.05. The molecule has 0 saturated carbocycles. The molecule has 5 heteroatoms. The number of benzene rings is 1. The van der Waals surface area contributed by atoms with Gasteiger partial charge in [0.05, 0.1) is 5.52 Å². The zero-order valence-corrected chi connectivity index (χ0v) is 12.3. The molecular weight excluding hydrogens is 252 g/mol. The summed E-state index contributed by atoms with van der Waals surface area (Å²) >= 11 is 0. The van der Waals surface area contributed by atoms with E-state index in [1.807, 2.05) is 31.2 Å². The van der Waals surface area contributed by atoms with E-state index < -0.39 is 0 Å². The molecule has 2 rings (SSSR count). The Morgan fingerprint density at radius 2 is 2.05 bits per heavy atom. The number of nitrogens with zero attached hydrogens (tertiary/aromatic N) is 2. The predicted molar refractivity (Wildman–Crippen MR) is 83.3 cm³/mol. The fraction of sp³-hybridized carbons (Fsp3) is 0.467. The van der Waals surface area contributed by atoms with Crippen molar-refractivity contribution >= 4 is 22.7 Å². The second-order valence-corrected chi connectivity index (χ2v) is 4.77. The van der Waals surface area contributed by atoms with Crippen LogP contribution in [0.5, 0.6) is 0 Å². The Balaban J connectivity index is 2.29. The van der Waals surface area contributed by atoms with E-state index in [9.17, 15) is 0 Å². The van der Waals surface area contributed by atoms with E-state index >= 15 is 0 Å². The Kier molecular flexibility index (Phi) is 5.12. The summed E-state index contributed by atoms with van der Waals surface area (Å²) in [5.41, 5.74) is 0.944. The van der Waals surface area contributed by atoms with Gasteiger partial charge in [0.1, 0.15) is 5.82 Å². The van der Waals surface area contributed by atoms with Gasteiger partial charge < -0.3 is 15.4 Å². The van der Waals surface area contributed by atoms with Crippen LogP contribution in [0.2, 0.25) is 0 Å². The van der Waals surface area contributed by atoms with Crippen molar-refractivity contribution in [3.63, 3.8) is 0 Å². The van der Waals surface area contributed by atoms with E-state index in [1.54, 1.807) is 7.11 Å². The zero-order chi connectivity index (χ0) is 14.4. The highest BCUT2D eigenvalue weighted by atomic mass is 16.5. The Morgan fingerprint density at radius 1 is 1.25 bits per heavy atom. The molecule has 1 aromatic carbocycles. The highest BCUT2D eigenvalue weighted by Gasteiger charge is 2.09. The Bertz CT molecular complexity index is 559. The lowest BCUT2D eigenvalue weighted by molar-refractivity contribution is 0.191. The van der Waals surface area contributed by atoms with Gasteiger partial charge in [-0.2, -0.15) is 4.98 Å². The molecule has 108 valence electrons. The fourth-order valence-corrected chi connectivity index (χ4v) is 2.02. The number of hydrogen-bond acceptors (Lipinski definition) is 5. The van der Waals surface area contributed by atoms with E-state index in [4.69, 9.17) is 4.74 Å². The van der Waals surface area contributed by atoms with Gasteiger partial charge in [0.2, 0.25) is 5.95 Å². The van der Waals surface area contributed by atoms with Crippen LogP contribution in [0.3, 0.4) is 0 Å². The maximum absolute atomic E-state index is 5.11. The summed E-state index contributed by atoms with van der Waals surface area (Å²) in [6.07, 6.45) is 0.936. The summed E-state index contributed by atoms with van der Waals surface area (Å²) < 4.78 is 5.11. The molecule has 0 aliphatic heterocycles. The number of nitrogens with one attached hydrogen (secondary N) is 2. The molecule has 1 heterocycles. The van der Waals surface area contributed by atoms with Gasteiger partial charge >= 0.3 is 0 Å². The van der Waals surface area contributed by atoms with Crippen LogP contribution in [0, 0.1) is 0 Å². The van der Waals surface area contributed by atoms with Crippen LogP contribution in [0.25, 0.3) is 10.9 Å². The van der Waals surface area contributed by atoms with Gasteiger partial charge in [0.25, 0.3) is 0 Å². The Morgan fingerprint density at radius 3 is 2.80 bits per heavy atom. The zero-order valence-electron chi connectivity index (χ0n) is 12.3. The maximum atomic E-state index is 5.11.